The summed E-state index contributed by atoms with van der Waals surface area (Å²) in [6, 6.07) is 8.71. The first-order chi connectivity index (χ1) is 11.7. The third kappa shape index (κ3) is 5.46. The van der Waals surface area contributed by atoms with Gasteiger partial charge < -0.3 is 20.7 Å². The molecule has 0 atom stereocenters. The molecule has 1 aromatic carbocycles. The molecular weight excluding hydrogens is 399 g/mol. The molecular formula is C17H21Cl3N4O2. The van der Waals surface area contributed by atoms with Gasteiger partial charge in [-0.2, -0.15) is 0 Å². The molecule has 26 heavy (non-hydrogen) atoms. The van der Waals surface area contributed by atoms with Crippen LogP contribution in [0.15, 0.2) is 36.5 Å². The second-order valence-corrected chi connectivity index (χ2v) is 5.91. The molecule has 1 fully saturated rings. The Bertz CT molecular complexity index is 740. The highest BCUT2D eigenvalue weighted by Gasteiger charge is 2.18. The van der Waals surface area contributed by atoms with Crippen LogP contribution in [0.25, 0.3) is 0 Å². The molecule has 1 saturated heterocycles. The van der Waals surface area contributed by atoms with Crippen LogP contribution < -0.4 is 20.7 Å². The average Bonchev–Trinajstić information content (AvgIpc) is 2.62. The van der Waals surface area contributed by atoms with Gasteiger partial charge in [-0.05, 0) is 23.8 Å². The molecule has 2 aromatic rings. The molecule has 1 aromatic heterocycles. The van der Waals surface area contributed by atoms with E-state index in [0.717, 1.165) is 31.7 Å². The zero-order valence-corrected chi connectivity index (χ0v) is 16.4. The Morgan fingerprint density at radius 3 is 2.65 bits per heavy atom. The summed E-state index contributed by atoms with van der Waals surface area (Å²) in [4.78, 5) is 18.7. The second kappa shape index (κ2) is 10.5. The predicted octanol–water partition coefficient (Wildman–Crippen LogP) is 2.67. The Balaban J connectivity index is 0.00000169. The molecule has 3 N–H and O–H groups in total. The highest BCUT2D eigenvalue weighted by atomic mass is 35.5. The number of nitrogens with two attached hydrogens (primary N) is 1. The lowest BCUT2D eigenvalue weighted by atomic mass is 10.2. The average molecular weight is 420 g/mol. The lowest BCUT2D eigenvalue weighted by Crippen LogP contribution is -2.44. The van der Waals surface area contributed by atoms with E-state index in [4.69, 9.17) is 22.1 Å². The molecule has 9 heteroatoms. The van der Waals surface area contributed by atoms with E-state index in [1.807, 2.05) is 6.07 Å². The minimum Gasteiger partial charge on any atom is -0.423 e. The van der Waals surface area contributed by atoms with Crippen LogP contribution in [0.1, 0.15) is 15.9 Å². The largest absolute Gasteiger partial charge is 0.423 e. The van der Waals surface area contributed by atoms with Crippen LogP contribution in [0, 0.1) is 0 Å². The van der Waals surface area contributed by atoms with E-state index in [1.165, 1.54) is 6.20 Å². The summed E-state index contributed by atoms with van der Waals surface area (Å²) in [5.74, 6) is 0.649. The van der Waals surface area contributed by atoms with E-state index in [0.29, 0.717) is 28.7 Å². The van der Waals surface area contributed by atoms with Crippen LogP contribution in [-0.2, 0) is 6.54 Å². The third-order valence-corrected chi connectivity index (χ3v) is 4.10. The second-order valence-electron chi connectivity index (χ2n) is 5.51. The van der Waals surface area contributed by atoms with E-state index in [2.05, 4.69) is 15.2 Å². The monoisotopic (exact) mass is 418 g/mol. The van der Waals surface area contributed by atoms with Crippen molar-refractivity contribution in [2.45, 2.75) is 6.54 Å². The van der Waals surface area contributed by atoms with Gasteiger partial charge in [0.25, 0.3) is 0 Å². The Labute approximate surface area is 169 Å². The molecule has 3 rings (SSSR count). The van der Waals surface area contributed by atoms with Crippen LogP contribution in [0.5, 0.6) is 5.75 Å². The Morgan fingerprint density at radius 1 is 1.27 bits per heavy atom. The van der Waals surface area contributed by atoms with Crippen molar-refractivity contribution in [2.75, 3.05) is 31.1 Å². The highest BCUT2D eigenvalue weighted by Crippen LogP contribution is 2.25. The van der Waals surface area contributed by atoms with Crippen LogP contribution in [0.4, 0.5) is 5.82 Å². The number of hydrogen-bond acceptors (Lipinski definition) is 6. The van der Waals surface area contributed by atoms with E-state index >= 15 is 0 Å². The fraction of sp³-hybridized carbons (Fsp3) is 0.294. The van der Waals surface area contributed by atoms with Crippen molar-refractivity contribution < 1.29 is 9.53 Å². The summed E-state index contributed by atoms with van der Waals surface area (Å²) < 4.78 is 5.37. The van der Waals surface area contributed by atoms with E-state index in [1.54, 1.807) is 24.3 Å². The van der Waals surface area contributed by atoms with Gasteiger partial charge in [-0.15, -0.1) is 24.8 Å². The summed E-state index contributed by atoms with van der Waals surface area (Å²) in [6.45, 7) is 3.83. The molecule has 0 unspecified atom stereocenters. The van der Waals surface area contributed by atoms with Crippen LogP contribution >= 0.6 is 36.4 Å². The van der Waals surface area contributed by atoms with Crippen LogP contribution in [-0.4, -0.2) is 37.1 Å². The number of nitrogens with zero attached hydrogens (tertiary/aromatic N) is 2. The molecule has 0 spiro atoms. The number of aromatic nitrogens is 1. The van der Waals surface area contributed by atoms with Crippen molar-refractivity contribution in [1.29, 1.82) is 0 Å². The molecule has 0 radical (unpaired) electrons. The minimum absolute atomic E-state index is 0. The van der Waals surface area contributed by atoms with Crippen molar-refractivity contribution >= 4 is 48.2 Å². The number of hydrogen-bond donors (Lipinski definition) is 2. The number of carbonyl (C=O) groups excluding carboxylic acids is 1. The summed E-state index contributed by atoms with van der Waals surface area (Å²) in [6.07, 6.45) is 1.50. The van der Waals surface area contributed by atoms with E-state index in [-0.39, 0.29) is 24.8 Å². The number of nitrogens with one attached hydrogen (secondary N) is 1. The normalized spacial score (nSPS) is 13.4. The maximum Gasteiger partial charge on any atom is 0.345 e. The number of rotatable bonds is 4. The number of piperazine rings is 1. The number of ether oxygens (including phenoxy) is 1. The number of halogens is 3. The Hall–Kier alpha value is -1.57. The third-order valence-electron chi connectivity index (χ3n) is 3.82. The smallest absolute Gasteiger partial charge is 0.345 e. The first kappa shape index (κ1) is 22.5. The fourth-order valence-electron chi connectivity index (χ4n) is 2.55. The Kier molecular flexibility index (Phi) is 9.12. The molecule has 1 aliphatic heterocycles. The van der Waals surface area contributed by atoms with Gasteiger partial charge in [-0.25, -0.2) is 9.78 Å². The zero-order valence-electron chi connectivity index (χ0n) is 14.0. The molecule has 6 nitrogen and oxygen atoms in total. The van der Waals surface area contributed by atoms with Crippen molar-refractivity contribution in [3.8, 4) is 5.75 Å². The van der Waals surface area contributed by atoms with Crippen LogP contribution in [0.2, 0.25) is 5.02 Å². The van der Waals surface area contributed by atoms with Crippen LogP contribution in [0.3, 0.4) is 0 Å². The maximum absolute atomic E-state index is 12.3. The van der Waals surface area contributed by atoms with Crippen molar-refractivity contribution in [3.05, 3.63) is 52.7 Å². The molecule has 1 aliphatic rings. The van der Waals surface area contributed by atoms with E-state index < -0.39 is 5.97 Å². The summed E-state index contributed by atoms with van der Waals surface area (Å²) in [7, 11) is 0. The number of pyridine rings is 1. The molecule has 2 heterocycles. The number of benzene rings is 1. The topological polar surface area (TPSA) is 80.5 Å². The number of esters is 1. The van der Waals surface area contributed by atoms with Crippen molar-refractivity contribution in [2.24, 2.45) is 5.73 Å². The number of anilines is 1. The first-order valence-electron chi connectivity index (χ1n) is 7.80. The lowest BCUT2D eigenvalue weighted by molar-refractivity contribution is 0.0734. The van der Waals surface area contributed by atoms with Gasteiger partial charge in [0.15, 0.2) is 0 Å². The quantitative estimate of drug-likeness (QED) is 0.586. The Morgan fingerprint density at radius 2 is 2.00 bits per heavy atom. The maximum atomic E-state index is 12.3. The fourth-order valence-corrected chi connectivity index (χ4v) is 2.84. The molecule has 0 aliphatic carbocycles. The summed E-state index contributed by atoms with van der Waals surface area (Å²) in [5, 5.41) is 3.72. The first-order valence-corrected chi connectivity index (χ1v) is 8.17. The SMILES string of the molecule is Cl.Cl.NCc1cccc(OC(=O)c2cnc(N3CCNCC3)c(Cl)c2)c1. The predicted molar refractivity (Wildman–Crippen MR) is 108 cm³/mol. The number of carbonyl (C=O) groups is 1. The molecule has 142 valence electrons. The van der Waals surface area contributed by atoms with Gasteiger partial charge >= 0.3 is 5.97 Å². The van der Waals surface area contributed by atoms with Gasteiger partial charge in [0.2, 0.25) is 0 Å². The standard InChI is InChI=1S/C17H19ClN4O2.2ClH/c18-15-9-13(11-21-16(15)22-6-4-20-5-7-22)17(23)24-14-3-1-2-12(8-14)10-19;;/h1-3,8-9,11,20H,4-7,10,19H2;2*1H. The van der Waals surface area contributed by atoms with Gasteiger partial charge in [0, 0.05) is 38.9 Å². The van der Waals surface area contributed by atoms with Gasteiger partial charge in [0.1, 0.15) is 11.6 Å². The zero-order chi connectivity index (χ0) is 16.9. The van der Waals surface area contributed by atoms with Gasteiger partial charge in [-0.3, -0.25) is 0 Å². The minimum atomic E-state index is -0.495. The highest BCUT2D eigenvalue weighted by molar-refractivity contribution is 6.33. The molecule has 0 bridgehead atoms. The van der Waals surface area contributed by atoms with Gasteiger partial charge in [0.05, 0.1) is 10.6 Å². The van der Waals surface area contributed by atoms with Crippen molar-refractivity contribution in [3.63, 3.8) is 0 Å². The lowest BCUT2D eigenvalue weighted by Gasteiger charge is -2.29. The molecule has 0 amide bonds. The summed E-state index contributed by atoms with van der Waals surface area (Å²) in [5.41, 5.74) is 6.80. The van der Waals surface area contributed by atoms with Gasteiger partial charge in [-0.1, -0.05) is 23.7 Å². The van der Waals surface area contributed by atoms with E-state index in [9.17, 15) is 4.79 Å². The van der Waals surface area contributed by atoms with Crippen molar-refractivity contribution in [1.82, 2.24) is 10.3 Å². The molecule has 0 saturated carbocycles. The summed E-state index contributed by atoms with van der Waals surface area (Å²) >= 11 is 6.31.